The van der Waals surface area contributed by atoms with Gasteiger partial charge in [0.1, 0.15) is 5.03 Å². The number of likely N-dealkylation sites (N-methyl/N-ethyl adjacent to an activating group) is 1. The van der Waals surface area contributed by atoms with E-state index >= 15 is 0 Å². The Labute approximate surface area is 80.6 Å². The number of fused-ring (bicyclic) bond motifs is 1. The van der Waals surface area contributed by atoms with Crippen LogP contribution in [0.1, 0.15) is 6.92 Å². The van der Waals surface area contributed by atoms with E-state index in [9.17, 15) is 4.79 Å². The Morgan fingerprint density at radius 2 is 2.31 bits per heavy atom. The first-order valence-corrected chi connectivity index (χ1v) is 4.63. The molecule has 2 amide bonds. The van der Waals surface area contributed by atoms with Crippen LogP contribution in [-0.4, -0.2) is 28.0 Å². The van der Waals surface area contributed by atoms with Crippen molar-refractivity contribution in [2.45, 2.75) is 6.92 Å². The monoisotopic (exact) mass is 195 g/mol. The van der Waals surface area contributed by atoms with Crippen molar-refractivity contribution in [2.24, 2.45) is 5.10 Å². The molecule has 0 aromatic rings. The smallest absolute Gasteiger partial charge is 0.296 e. The Balaban J connectivity index is 2.43. The Bertz CT molecular complexity index is 358. The molecule has 68 valence electrons. The van der Waals surface area contributed by atoms with Gasteiger partial charge in [-0.05, 0) is 13.0 Å². The molecule has 0 aromatic heterocycles. The van der Waals surface area contributed by atoms with E-state index < -0.39 is 0 Å². The zero-order chi connectivity index (χ0) is 9.59. The second-order valence-electron chi connectivity index (χ2n) is 2.85. The van der Waals surface area contributed by atoms with Gasteiger partial charge in [-0.25, -0.2) is 4.79 Å². The summed E-state index contributed by atoms with van der Waals surface area (Å²) in [5, 5.41) is 7.20. The van der Waals surface area contributed by atoms with Gasteiger partial charge in [-0.3, -0.25) is 4.90 Å². The normalized spacial score (nSPS) is 21.7. The molecule has 0 saturated heterocycles. The molecular weight excluding hydrogens is 186 g/mol. The lowest BCUT2D eigenvalue weighted by molar-refractivity contribution is 0.189. The quantitative estimate of drug-likeness (QED) is 0.590. The summed E-state index contributed by atoms with van der Waals surface area (Å²) in [6.07, 6.45) is 1.85. The van der Waals surface area contributed by atoms with Crippen LogP contribution in [0.15, 0.2) is 28.5 Å². The molecule has 0 aliphatic carbocycles. The number of hydrogen-bond donors (Lipinski definition) is 0. The van der Waals surface area contributed by atoms with E-state index in [0.29, 0.717) is 5.70 Å². The highest BCUT2D eigenvalue weighted by Crippen LogP contribution is 2.34. The highest BCUT2D eigenvalue weighted by Gasteiger charge is 2.32. The standard InChI is InChI=1S/C8H9N3OS/c1-5-4-7-11(8(12)10(5)3)9-6(2)13-7/h4H,1H2,2-3H3. The van der Waals surface area contributed by atoms with Crippen molar-refractivity contribution in [3.05, 3.63) is 23.4 Å². The molecule has 2 rings (SSSR count). The van der Waals surface area contributed by atoms with Gasteiger partial charge in [0.05, 0.1) is 5.04 Å². The molecule has 2 aliphatic rings. The molecule has 0 saturated carbocycles. The van der Waals surface area contributed by atoms with Crippen LogP contribution in [0.3, 0.4) is 0 Å². The number of carbonyl (C=O) groups is 1. The summed E-state index contributed by atoms with van der Waals surface area (Å²) in [7, 11) is 1.69. The van der Waals surface area contributed by atoms with Gasteiger partial charge in [0.15, 0.2) is 0 Å². The minimum Gasteiger partial charge on any atom is -0.296 e. The largest absolute Gasteiger partial charge is 0.349 e. The molecule has 0 fully saturated rings. The summed E-state index contributed by atoms with van der Waals surface area (Å²) in [5.41, 5.74) is 0.702. The predicted octanol–water partition coefficient (Wildman–Crippen LogP) is 1.79. The average Bonchev–Trinajstić information content (AvgIpc) is 2.42. The lowest BCUT2D eigenvalue weighted by Gasteiger charge is -2.27. The van der Waals surface area contributed by atoms with Crippen LogP contribution in [-0.2, 0) is 0 Å². The second kappa shape index (κ2) is 2.63. The van der Waals surface area contributed by atoms with Gasteiger partial charge in [0.25, 0.3) is 0 Å². The molecule has 13 heavy (non-hydrogen) atoms. The molecule has 0 bridgehead atoms. The van der Waals surface area contributed by atoms with Gasteiger partial charge >= 0.3 is 6.03 Å². The Hall–Kier alpha value is -1.23. The van der Waals surface area contributed by atoms with Crippen LogP contribution in [0.25, 0.3) is 0 Å². The zero-order valence-electron chi connectivity index (χ0n) is 7.44. The number of hydrazone groups is 1. The molecular formula is C8H9N3OS. The maximum Gasteiger partial charge on any atom is 0.349 e. The van der Waals surface area contributed by atoms with Crippen molar-refractivity contribution < 1.29 is 4.79 Å². The first kappa shape index (κ1) is 8.37. The lowest BCUT2D eigenvalue weighted by atomic mass is 10.4. The van der Waals surface area contributed by atoms with Crippen LogP contribution < -0.4 is 0 Å². The van der Waals surface area contributed by atoms with Gasteiger partial charge in [0, 0.05) is 12.7 Å². The van der Waals surface area contributed by atoms with E-state index in [-0.39, 0.29) is 6.03 Å². The van der Waals surface area contributed by atoms with E-state index in [1.807, 2.05) is 13.0 Å². The Morgan fingerprint density at radius 3 is 3.00 bits per heavy atom. The van der Waals surface area contributed by atoms with Crippen LogP contribution >= 0.6 is 11.8 Å². The number of thioether (sulfide) groups is 1. The zero-order valence-corrected chi connectivity index (χ0v) is 8.26. The molecule has 0 spiro atoms. The van der Waals surface area contributed by atoms with Crippen molar-refractivity contribution in [2.75, 3.05) is 7.05 Å². The van der Waals surface area contributed by atoms with Gasteiger partial charge in [-0.15, -0.1) is 0 Å². The second-order valence-corrected chi connectivity index (χ2v) is 4.06. The highest BCUT2D eigenvalue weighted by molar-refractivity contribution is 8.17. The predicted molar refractivity (Wildman–Crippen MR) is 52.9 cm³/mol. The van der Waals surface area contributed by atoms with E-state index in [1.54, 1.807) is 7.05 Å². The molecule has 0 radical (unpaired) electrons. The fourth-order valence-corrected chi connectivity index (χ4v) is 1.96. The third-order valence-electron chi connectivity index (χ3n) is 1.89. The van der Waals surface area contributed by atoms with Gasteiger partial charge in [-0.2, -0.15) is 10.1 Å². The third kappa shape index (κ3) is 1.16. The number of amides is 2. The Morgan fingerprint density at radius 1 is 1.62 bits per heavy atom. The SMILES string of the molecule is C=C1C=C2SC(C)=NN2C(=O)N1C. The summed E-state index contributed by atoms with van der Waals surface area (Å²) in [6, 6.07) is -0.146. The first-order chi connectivity index (χ1) is 6.09. The molecule has 0 N–H and O–H groups in total. The van der Waals surface area contributed by atoms with Gasteiger partial charge in [0.2, 0.25) is 0 Å². The molecule has 2 heterocycles. The maximum atomic E-state index is 11.6. The van der Waals surface area contributed by atoms with Crippen molar-refractivity contribution >= 4 is 22.8 Å². The van der Waals surface area contributed by atoms with E-state index in [4.69, 9.17) is 0 Å². The fourth-order valence-electron chi connectivity index (χ4n) is 1.14. The van der Waals surface area contributed by atoms with E-state index in [1.165, 1.54) is 21.7 Å². The van der Waals surface area contributed by atoms with Crippen LogP contribution in [0.2, 0.25) is 0 Å². The number of allylic oxidation sites excluding steroid dienone is 1. The highest BCUT2D eigenvalue weighted by atomic mass is 32.2. The van der Waals surface area contributed by atoms with Crippen molar-refractivity contribution in [1.82, 2.24) is 9.91 Å². The molecule has 2 aliphatic heterocycles. The number of nitrogens with zero attached hydrogens (tertiary/aromatic N) is 3. The van der Waals surface area contributed by atoms with Gasteiger partial charge < -0.3 is 0 Å². The summed E-state index contributed by atoms with van der Waals surface area (Å²) in [4.78, 5) is 13.1. The minimum atomic E-state index is -0.146. The first-order valence-electron chi connectivity index (χ1n) is 3.81. The molecule has 0 aromatic carbocycles. The van der Waals surface area contributed by atoms with Crippen LogP contribution in [0.5, 0.6) is 0 Å². The third-order valence-corrected chi connectivity index (χ3v) is 2.77. The minimum absolute atomic E-state index is 0.146. The summed E-state index contributed by atoms with van der Waals surface area (Å²) in [6.45, 7) is 5.64. The lowest BCUT2D eigenvalue weighted by Crippen LogP contribution is -2.38. The molecule has 4 nitrogen and oxygen atoms in total. The van der Waals surface area contributed by atoms with E-state index in [0.717, 1.165) is 10.1 Å². The van der Waals surface area contributed by atoms with Crippen LogP contribution in [0.4, 0.5) is 4.79 Å². The van der Waals surface area contributed by atoms with Crippen molar-refractivity contribution in [3.8, 4) is 0 Å². The molecule has 0 atom stereocenters. The van der Waals surface area contributed by atoms with Crippen molar-refractivity contribution in [3.63, 3.8) is 0 Å². The number of urea groups is 1. The number of carbonyl (C=O) groups excluding carboxylic acids is 1. The van der Waals surface area contributed by atoms with Crippen LogP contribution in [0, 0.1) is 0 Å². The summed E-state index contributed by atoms with van der Waals surface area (Å²) in [5.74, 6) is 0. The average molecular weight is 195 g/mol. The number of rotatable bonds is 0. The molecule has 5 heteroatoms. The topological polar surface area (TPSA) is 35.9 Å². The number of hydrogen-bond acceptors (Lipinski definition) is 3. The van der Waals surface area contributed by atoms with Crippen molar-refractivity contribution in [1.29, 1.82) is 0 Å². The van der Waals surface area contributed by atoms with E-state index in [2.05, 4.69) is 11.7 Å². The fraction of sp³-hybridized carbons (Fsp3) is 0.250. The summed E-state index contributed by atoms with van der Waals surface area (Å²) < 4.78 is 0. The summed E-state index contributed by atoms with van der Waals surface area (Å²) >= 11 is 1.49. The Kier molecular flexibility index (Phi) is 1.69. The maximum absolute atomic E-state index is 11.6. The molecule has 0 unspecified atom stereocenters. The van der Waals surface area contributed by atoms with Gasteiger partial charge in [-0.1, -0.05) is 18.3 Å².